The predicted octanol–water partition coefficient (Wildman–Crippen LogP) is 5.10. The molecule has 0 unspecified atom stereocenters. The zero-order chi connectivity index (χ0) is 18.1. The van der Waals surface area contributed by atoms with Gasteiger partial charge in [-0.1, -0.05) is 18.2 Å². The van der Waals surface area contributed by atoms with Gasteiger partial charge in [-0.25, -0.2) is 13.6 Å². The van der Waals surface area contributed by atoms with Gasteiger partial charge in [-0.2, -0.15) is 5.26 Å². The van der Waals surface area contributed by atoms with Crippen LogP contribution in [0.2, 0.25) is 0 Å². The van der Waals surface area contributed by atoms with Crippen LogP contribution in [0.15, 0.2) is 42.5 Å². The summed E-state index contributed by atoms with van der Waals surface area (Å²) in [6.45, 7) is 0. The Hall–Kier alpha value is -2.48. The van der Waals surface area contributed by atoms with E-state index in [4.69, 9.17) is 10.00 Å². The smallest absolute Gasteiger partial charge is 0.338 e. The molecule has 0 saturated heterocycles. The molecule has 0 heterocycles. The molecule has 0 spiro atoms. The maximum Gasteiger partial charge on any atom is 0.338 e. The van der Waals surface area contributed by atoms with Crippen LogP contribution in [0.1, 0.15) is 48.9 Å². The van der Waals surface area contributed by atoms with Crippen molar-refractivity contribution in [3.05, 3.63) is 59.7 Å². The van der Waals surface area contributed by atoms with Crippen LogP contribution in [0.3, 0.4) is 0 Å². The molecule has 25 heavy (non-hydrogen) atoms. The molecular weight excluding hydrogens is 324 g/mol. The van der Waals surface area contributed by atoms with Crippen molar-refractivity contribution in [2.75, 3.05) is 0 Å². The number of esters is 1. The lowest BCUT2D eigenvalue weighted by atomic mass is 9.84. The molecule has 1 fully saturated rings. The summed E-state index contributed by atoms with van der Waals surface area (Å²) >= 11 is 0. The Morgan fingerprint density at radius 3 is 2.64 bits per heavy atom. The third kappa shape index (κ3) is 6.15. The van der Waals surface area contributed by atoms with Gasteiger partial charge < -0.3 is 4.74 Å². The minimum absolute atomic E-state index is 0.0385. The van der Waals surface area contributed by atoms with Gasteiger partial charge in [-0.15, -0.1) is 0 Å². The van der Waals surface area contributed by atoms with Crippen molar-refractivity contribution in [2.45, 2.75) is 44.6 Å². The molecule has 0 aromatic heterocycles. The number of nitrogens with zero attached hydrogens (tertiary/aromatic N) is 1. The fourth-order valence-electron chi connectivity index (χ4n) is 2.99. The van der Waals surface area contributed by atoms with E-state index in [1.54, 1.807) is 6.08 Å². The normalized spacial score (nSPS) is 20.7. The average molecular weight is 345 g/mol. The fraction of sp³-hybridized carbons (Fsp3) is 0.400. The average Bonchev–Trinajstić information content (AvgIpc) is 2.61. The molecule has 1 aliphatic rings. The molecule has 1 saturated carbocycles. The van der Waals surface area contributed by atoms with Crippen molar-refractivity contribution >= 4 is 5.97 Å². The Balaban J connectivity index is 1.72. The van der Waals surface area contributed by atoms with Crippen LogP contribution in [0, 0.1) is 28.9 Å². The lowest BCUT2D eigenvalue weighted by Crippen LogP contribution is -2.24. The maximum absolute atomic E-state index is 13.2. The number of nitriles is 1. The summed E-state index contributed by atoms with van der Waals surface area (Å²) in [6.07, 6.45) is 12.5. The molecule has 1 aliphatic carbocycles. The van der Waals surface area contributed by atoms with E-state index in [1.165, 1.54) is 12.1 Å². The van der Waals surface area contributed by atoms with Crippen LogP contribution in [-0.4, -0.2) is 12.1 Å². The molecule has 0 radical (unpaired) electrons. The van der Waals surface area contributed by atoms with Crippen molar-refractivity contribution in [1.82, 2.24) is 0 Å². The molecule has 3 nitrogen and oxygen atoms in total. The summed E-state index contributed by atoms with van der Waals surface area (Å²) in [5.74, 6) is -2.03. The molecule has 0 atom stereocenters. The van der Waals surface area contributed by atoms with E-state index >= 15 is 0 Å². The van der Waals surface area contributed by atoms with E-state index in [0.717, 1.165) is 50.7 Å². The lowest BCUT2D eigenvalue weighted by Gasteiger charge is -2.28. The highest BCUT2D eigenvalue weighted by molar-refractivity contribution is 5.89. The standard InChI is InChI=1S/C20H21F2NO2/c21-18-12-9-16(14-19(18)22)20(24)25-17-10-7-15(8-11-17)6-4-2-1-3-5-13-23/h1-3,5,9,12,14-15,17H,4,6-8,10-11H2/t15-,17-. The number of hydrogen-bond donors (Lipinski definition) is 0. The highest BCUT2D eigenvalue weighted by Gasteiger charge is 2.24. The lowest BCUT2D eigenvalue weighted by molar-refractivity contribution is 0.0162. The summed E-state index contributed by atoms with van der Waals surface area (Å²) in [4.78, 5) is 12.0. The van der Waals surface area contributed by atoms with Gasteiger partial charge in [0.25, 0.3) is 0 Å². The molecule has 0 amide bonds. The second-order valence-corrected chi connectivity index (χ2v) is 6.17. The quantitative estimate of drug-likeness (QED) is 0.409. The molecule has 0 N–H and O–H groups in total. The van der Waals surface area contributed by atoms with Gasteiger partial charge in [0, 0.05) is 6.08 Å². The molecule has 5 heteroatoms. The third-order valence-electron chi connectivity index (χ3n) is 4.38. The summed E-state index contributed by atoms with van der Waals surface area (Å²) in [5.41, 5.74) is 0.0385. The van der Waals surface area contributed by atoms with Crippen LogP contribution in [0.4, 0.5) is 8.78 Å². The van der Waals surface area contributed by atoms with Crippen molar-refractivity contribution in [2.24, 2.45) is 5.92 Å². The third-order valence-corrected chi connectivity index (χ3v) is 4.38. The molecule has 0 bridgehead atoms. The van der Waals surface area contributed by atoms with Gasteiger partial charge in [-0.3, -0.25) is 0 Å². The molecule has 1 aromatic carbocycles. The molecule has 2 rings (SSSR count). The van der Waals surface area contributed by atoms with E-state index in [1.807, 2.05) is 18.2 Å². The molecule has 1 aromatic rings. The van der Waals surface area contributed by atoms with Gasteiger partial charge >= 0.3 is 5.97 Å². The Labute approximate surface area is 146 Å². The van der Waals surface area contributed by atoms with E-state index in [9.17, 15) is 13.6 Å². The number of halogens is 2. The van der Waals surface area contributed by atoms with E-state index < -0.39 is 17.6 Å². The minimum Gasteiger partial charge on any atom is -0.459 e. The summed E-state index contributed by atoms with van der Waals surface area (Å²) < 4.78 is 31.5. The summed E-state index contributed by atoms with van der Waals surface area (Å²) in [6, 6.07) is 4.97. The van der Waals surface area contributed by atoms with Gasteiger partial charge in [0.1, 0.15) is 6.10 Å². The monoisotopic (exact) mass is 345 g/mol. The Kier molecular flexibility index (Phi) is 7.34. The second-order valence-electron chi connectivity index (χ2n) is 6.17. The van der Waals surface area contributed by atoms with Gasteiger partial charge in [0.05, 0.1) is 11.6 Å². The largest absolute Gasteiger partial charge is 0.459 e. The zero-order valence-electron chi connectivity index (χ0n) is 14.0. The van der Waals surface area contributed by atoms with Crippen LogP contribution >= 0.6 is 0 Å². The van der Waals surface area contributed by atoms with E-state index in [2.05, 4.69) is 0 Å². The summed E-state index contributed by atoms with van der Waals surface area (Å²) in [5, 5.41) is 8.37. The SMILES string of the molecule is N#CC=CC=CCC[C@H]1CC[C@H](OC(=O)c2ccc(F)c(F)c2)CC1. The first-order chi connectivity index (χ1) is 12.1. The molecular formula is C20H21F2NO2. The van der Waals surface area contributed by atoms with Crippen molar-refractivity contribution in [1.29, 1.82) is 5.26 Å². The van der Waals surface area contributed by atoms with Gasteiger partial charge in [0.15, 0.2) is 11.6 Å². The van der Waals surface area contributed by atoms with E-state index in [0.29, 0.717) is 5.92 Å². The number of carbonyl (C=O) groups excluding carboxylic acids is 1. The number of ether oxygens (including phenoxy) is 1. The predicted molar refractivity (Wildman–Crippen MR) is 90.6 cm³/mol. The Morgan fingerprint density at radius 2 is 1.96 bits per heavy atom. The molecule has 0 aliphatic heterocycles. The topological polar surface area (TPSA) is 50.1 Å². The van der Waals surface area contributed by atoms with Gasteiger partial charge in [0.2, 0.25) is 0 Å². The Morgan fingerprint density at radius 1 is 1.20 bits per heavy atom. The fourth-order valence-corrected chi connectivity index (χ4v) is 2.99. The van der Waals surface area contributed by atoms with Crippen LogP contribution in [0.5, 0.6) is 0 Å². The maximum atomic E-state index is 13.2. The van der Waals surface area contributed by atoms with Crippen LogP contribution < -0.4 is 0 Å². The van der Waals surface area contributed by atoms with E-state index in [-0.39, 0.29) is 11.7 Å². The molecule has 132 valence electrons. The number of hydrogen-bond acceptors (Lipinski definition) is 3. The highest BCUT2D eigenvalue weighted by atomic mass is 19.2. The Bertz CT molecular complexity index is 683. The number of rotatable bonds is 6. The van der Waals surface area contributed by atoms with Crippen LogP contribution in [0.25, 0.3) is 0 Å². The number of benzene rings is 1. The first-order valence-corrected chi connectivity index (χ1v) is 8.47. The van der Waals surface area contributed by atoms with Crippen molar-refractivity contribution < 1.29 is 18.3 Å². The number of carbonyl (C=O) groups is 1. The highest BCUT2D eigenvalue weighted by Crippen LogP contribution is 2.30. The van der Waals surface area contributed by atoms with Gasteiger partial charge in [-0.05, 0) is 62.6 Å². The number of allylic oxidation sites excluding steroid dienone is 4. The second kappa shape index (κ2) is 9.73. The van der Waals surface area contributed by atoms with Crippen molar-refractivity contribution in [3.8, 4) is 6.07 Å². The summed E-state index contributed by atoms with van der Waals surface area (Å²) in [7, 11) is 0. The minimum atomic E-state index is -1.05. The van der Waals surface area contributed by atoms with Crippen LogP contribution in [-0.2, 0) is 4.74 Å². The van der Waals surface area contributed by atoms with Crippen molar-refractivity contribution in [3.63, 3.8) is 0 Å². The zero-order valence-corrected chi connectivity index (χ0v) is 14.0. The first kappa shape index (κ1) is 18.9. The first-order valence-electron chi connectivity index (χ1n) is 8.47.